The Morgan fingerprint density at radius 3 is 2.94 bits per heavy atom. The summed E-state index contributed by atoms with van der Waals surface area (Å²) in [5, 5.41) is 17.5. The first kappa shape index (κ1) is 19.8. The topological polar surface area (TPSA) is 68.9 Å². The second-order valence-electron chi connectivity index (χ2n) is 8.42. The van der Waals surface area contributed by atoms with Crippen molar-refractivity contribution in [2.24, 2.45) is 0 Å². The number of fused-ring (bicyclic) bond motifs is 1. The van der Waals surface area contributed by atoms with Crippen LogP contribution in [0.2, 0.25) is 0 Å². The second-order valence-corrected chi connectivity index (χ2v) is 8.42. The van der Waals surface area contributed by atoms with E-state index < -0.39 is 0 Å². The molecule has 0 aliphatic carbocycles. The maximum atomic E-state index is 13.9. The molecule has 2 aliphatic rings. The van der Waals surface area contributed by atoms with E-state index in [4.69, 9.17) is 4.98 Å². The van der Waals surface area contributed by atoms with E-state index in [1.54, 1.807) is 16.8 Å². The number of halogens is 1. The Morgan fingerprint density at radius 2 is 2.13 bits per heavy atom. The normalized spacial score (nSPS) is 21.3. The molecule has 2 fully saturated rings. The van der Waals surface area contributed by atoms with Crippen LogP contribution in [0.25, 0.3) is 5.65 Å². The molecule has 2 atom stereocenters. The van der Waals surface area contributed by atoms with Gasteiger partial charge >= 0.3 is 0 Å². The van der Waals surface area contributed by atoms with Gasteiger partial charge in [-0.1, -0.05) is 12.6 Å². The molecule has 5 rings (SSSR count). The molecule has 2 N–H and O–H groups in total. The first-order valence-electron chi connectivity index (χ1n) is 10.8. The van der Waals surface area contributed by atoms with E-state index in [0.29, 0.717) is 12.2 Å². The third-order valence-electron chi connectivity index (χ3n) is 6.33. The van der Waals surface area contributed by atoms with Crippen LogP contribution in [0.1, 0.15) is 36.4 Å². The summed E-state index contributed by atoms with van der Waals surface area (Å²) in [5.74, 6) is 1.38. The number of β-amino-alcohol motifs (C(OH)–C–C–N with tert-alkyl or cyclic N) is 1. The molecule has 162 valence electrons. The minimum atomic E-state index is -0.314. The fraction of sp³-hybridized carbons (Fsp3) is 0.391. The fourth-order valence-corrected chi connectivity index (χ4v) is 4.66. The van der Waals surface area contributed by atoms with E-state index >= 15 is 0 Å². The first-order valence-corrected chi connectivity index (χ1v) is 10.8. The van der Waals surface area contributed by atoms with Crippen LogP contribution in [-0.2, 0) is 0 Å². The Morgan fingerprint density at radius 1 is 1.26 bits per heavy atom. The molecule has 2 aromatic heterocycles. The molecule has 1 aromatic carbocycles. The fourth-order valence-electron chi connectivity index (χ4n) is 4.66. The number of aliphatic hydroxyl groups is 1. The van der Waals surface area contributed by atoms with Gasteiger partial charge in [0.2, 0.25) is 0 Å². The number of rotatable bonds is 5. The number of likely N-dealkylation sites (tertiary alicyclic amines) is 1. The predicted octanol–water partition coefficient (Wildman–Crippen LogP) is 3.47. The van der Waals surface area contributed by atoms with Crippen molar-refractivity contribution in [3.8, 4) is 0 Å². The highest BCUT2D eigenvalue weighted by Gasteiger charge is 2.29. The molecule has 0 amide bonds. The summed E-state index contributed by atoms with van der Waals surface area (Å²) in [5.41, 5.74) is 3.59. The van der Waals surface area contributed by atoms with Gasteiger partial charge in [-0.3, -0.25) is 0 Å². The Labute approximate surface area is 180 Å². The minimum absolute atomic E-state index is 0.103. The first-order chi connectivity index (χ1) is 15.0. The molecule has 0 unspecified atom stereocenters. The van der Waals surface area contributed by atoms with Crippen LogP contribution in [0, 0.1) is 12.7 Å². The lowest BCUT2D eigenvalue weighted by Gasteiger charge is -2.27. The number of nitrogens with zero attached hydrogens (tertiary/aromatic N) is 5. The SMILES string of the molecule is C=C(Nc1cnn2ccc(N3CCC[C@@H]3c3cc(F)ccc3C)nc12)N1CC[C@H](O)C1. The lowest BCUT2D eigenvalue weighted by atomic mass is 9.99. The highest BCUT2D eigenvalue weighted by Crippen LogP contribution is 2.37. The van der Waals surface area contributed by atoms with Gasteiger partial charge in [0.05, 0.1) is 24.2 Å². The number of benzene rings is 1. The summed E-state index contributed by atoms with van der Waals surface area (Å²) in [6.07, 6.45) is 6.07. The van der Waals surface area contributed by atoms with Crippen molar-refractivity contribution < 1.29 is 9.50 Å². The average molecular weight is 423 g/mol. The Hall–Kier alpha value is -3.13. The highest BCUT2D eigenvalue weighted by atomic mass is 19.1. The van der Waals surface area contributed by atoms with E-state index in [1.807, 2.05) is 30.2 Å². The number of aromatic nitrogens is 3. The molecular formula is C23H27FN6O. The molecule has 0 spiro atoms. The molecule has 0 bridgehead atoms. The zero-order valence-electron chi connectivity index (χ0n) is 17.6. The Bertz CT molecular complexity index is 1130. The number of anilines is 2. The van der Waals surface area contributed by atoms with Gasteiger partial charge in [0.1, 0.15) is 17.3 Å². The van der Waals surface area contributed by atoms with Crippen molar-refractivity contribution in [2.45, 2.75) is 38.3 Å². The average Bonchev–Trinajstić information content (AvgIpc) is 3.49. The Kier molecular flexibility index (Phi) is 5.02. The van der Waals surface area contributed by atoms with Gasteiger partial charge < -0.3 is 20.2 Å². The van der Waals surface area contributed by atoms with Crippen LogP contribution in [0.4, 0.5) is 15.9 Å². The summed E-state index contributed by atoms with van der Waals surface area (Å²) in [4.78, 5) is 9.18. The van der Waals surface area contributed by atoms with E-state index in [9.17, 15) is 9.50 Å². The molecule has 0 saturated carbocycles. The summed E-state index contributed by atoms with van der Waals surface area (Å²) < 4.78 is 15.7. The van der Waals surface area contributed by atoms with Gasteiger partial charge in [0.25, 0.3) is 0 Å². The number of hydrogen-bond donors (Lipinski definition) is 2. The Balaban J connectivity index is 1.43. The number of aryl methyl sites for hydroxylation is 1. The van der Waals surface area contributed by atoms with E-state index in [0.717, 1.165) is 60.8 Å². The maximum absolute atomic E-state index is 13.9. The second kappa shape index (κ2) is 7.85. The standard InChI is InChI=1S/C23H27FN6O/c1-15-5-6-17(24)12-19(15)21-4-3-9-29(21)22-8-11-30-23(27-22)20(13-25-30)26-16(2)28-10-7-18(31)14-28/h5-6,8,11-13,18,21,26,31H,2-4,7,9-10,14H2,1H3/t18-,21+/m0/s1. The molecule has 3 aromatic rings. The lowest BCUT2D eigenvalue weighted by Crippen LogP contribution is -2.25. The van der Waals surface area contributed by atoms with Crippen molar-refractivity contribution in [1.82, 2.24) is 19.5 Å². The third-order valence-corrected chi connectivity index (χ3v) is 6.33. The number of nitrogens with one attached hydrogen (secondary N) is 1. The largest absolute Gasteiger partial charge is 0.391 e. The third kappa shape index (κ3) is 3.72. The maximum Gasteiger partial charge on any atom is 0.180 e. The van der Waals surface area contributed by atoms with Crippen LogP contribution >= 0.6 is 0 Å². The molecule has 7 nitrogen and oxygen atoms in total. The van der Waals surface area contributed by atoms with Crippen molar-refractivity contribution in [3.05, 3.63) is 66.0 Å². The van der Waals surface area contributed by atoms with Crippen LogP contribution in [0.3, 0.4) is 0 Å². The number of aliphatic hydroxyl groups excluding tert-OH is 1. The van der Waals surface area contributed by atoms with Gasteiger partial charge in [0.15, 0.2) is 5.65 Å². The summed E-state index contributed by atoms with van der Waals surface area (Å²) in [7, 11) is 0. The van der Waals surface area contributed by atoms with Gasteiger partial charge in [0, 0.05) is 25.8 Å². The minimum Gasteiger partial charge on any atom is -0.391 e. The van der Waals surface area contributed by atoms with Crippen LogP contribution in [-0.4, -0.2) is 50.3 Å². The predicted molar refractivity (Wildman–Crippen MR) is 118 cm³/mol. The van der Waals surface area contributed by atoms with Crippen molar-refractivity contribution >= 4 is 17.2 Å². The zero-order chi connectivity index (χ0) is 21.5. The summed E-state index contributed by atoms with van der Waals surface area (Å²) >= 11 is 0. The quantitative estimate of drug-likeness (QED) is 0.656. The lowest BCUT2D eigenvalue weighted by molar-refractivity contribution is 0.184. The van der Waals surface area contributed by atoms with Crippen LogP contribution < -0.4 is 10.2 Å². The molecule has 4 heterocycles. The van der Waals surface area contributed by atoms with Crippen LogP contribution in [0.15, 0.2) is 49.1 Å². The van der Waals surface area contributed by atoms with Gasteiger partial charge in [-0.05, 0) is 55.5 Å². The van der Waals surface area contributed by atoms with E-state index in [1.165, 1.54) is 6.07 Å². The zero-order valence-corrected chi connectivity index (χ0v) is 17.6. The van der Waals surface area contributed by atoms with Crippen molar-refractivity contribution in [2.75, 3.05) is 29.9 Å². The number of hydrogen-bond acceptors (Lipinski definition) is 6. The molecule has 2 aliphatic heterocycles. The molecular weight excluding hydrogens is 395 g/mol. The van der Waals surface area contributed by atoms with E-state index in [-0.39, 0.29) is 18.0 Å². The van der Waals surface area contributed by atoms with Crippen molar-refractivity contribution in [1.29, 1.82) is 0 Å². The van der Waals surface area contributed by atoms with E-state index in [2.05, 4.69) is 21.9 Å². The monoisotopic (exact) mass is 422 g/mol. The molecule has 8 heteroatoms. The molecule has 2 saturated heterocycles. The molecule has 31 heavy (non-hydrogen) atoms. The summed E-state index contributed by atoms with van der Waals surface area (Å²) in [6.45, 7) is 8.37. The van der Waals surface area contributed by atoms with Gasteiger partial charge in [-0.15, -0.1) is 0 Å². The highest BCUT2D eigenvalue weighted by molar-refractivity contribution is 5.70. The summed E-state index contributed by atoms with van der Waals surface area (Å²) in [6, 6.07) is 7.07. The smallest absolute Gasteiger partial charge is 0.180 e. The van der Waals surface area contributed by atoms with Crippen LogP contribution in [0.5, 0.6) is 0 Å². The molecule has 0 radical (unpaired) electrons. The van der Waals surface area contributed by atoms with Gasteiger partial charge in [-0.25, -0.2) is 13.9 Å². The van der Waals surface area contributed by atoms with Crippen molar-refractivity contribution in [3.63, 3.8) is 0 Å². The van der Waals surface area contributed by atoms with Gasteiger partial charge in [-0.2, -0.15) is 5.10 Å².